The molecule has 0 spiro atoms. The minimum atomic E-state index is -0.127. The highest BCUT2D eigenvalue weighted by Gasteiger charge is 2.27. The average molecular weight is 414 g/mol. The first-order chi connectivity index (χ1) is 14.6. The summed E-state index contributed by atoms with van der Waals surface area (Å²) in [6, 6.07) is 7.43. The Morgan fingerprint density at radius 1 is 0.933 bits per heavy atom. The van der Waals surface area contributed by atoms with Crippen molar-refractivity contribution in [1.82, 2.24) is 20.9 Å². The molecule has 4 rings (SSSR count). The van der Waals surface area contributed by atoms with Crippen LogP contribution in [0, 0.1) is 0 Å². The normalized spacial score (nSPS) is 20.7. The topological polar surface area (TPSA) is 93.8 Å². The molecule has 162 valence electrons. The van der Waals surface area contributed by atoms with Crippen molar-refractivity contribution in [2.45, 2.75) is 57.0 Å². The molecule has 1 aromatic rings. The molecule has 0 aromatic heterocycles. The summed E-state index contributed by atoms with van der Waals surface area (Å²) >= 11 is 0. The molecule has 0 unspecified atom stereocenters. The number of likely N-dealkylation sites (tertiary alicyclic amines) is 1. The molecule has 1 saturated carbocycles. The van der Waals surface area contributed by atoms with E-state index in [2.05, 4.69) is 16.0 Å². The van der Waals surface area contributed by atoms with Crippen molar-refractivity contribution in [2.24, 2.45) is 0 Å². The second-order valence-corrected chi connectivity index (χ2v) is 8.45. The second kappa shape index (κ2) is 9.36. The van der Waals surface area contributed by atoms with Crippen molar-refractivity contribution < 1.29 is 14.4 Å². The molecular formula is C22H31N5O3. The monoisotopic (exact) mass is 413 g/mol. The summed E-state index contributed by atoms with van der Waals surface area (Å²) in [6.07, 6.45) is 7.28. The first-order valence-corrected chi connectivity index (χ1v) is 11.1. The number of hydrogen-bond acceptors (Lipinski definition) is 3. The van der Waals surface area contributed by atoms with Crippen LogP contribution in [0.3, 0.4) is 0 Å². The second-order valence-electron chi connectivity index (χ2n) is 8.45. The quantitative estimate of drug-likeness (QED) is 0.708. The Kier molecular flexibility index (Phi) is 6.40. The summed E-state index contributed by atoms with van der Waals surface area (Å²) < 4.78 is 0. The molecule has 2 aliphatic heterocycles. The SMILES string of the molecule is O=C(NC1CCCCC1)NC1CCN(C(=O)c2cccc(N3CCNC3=O)c2)CC1. The molecule has 8 heteroatoms. The number of rotatable bonds is 4. The summed E-state index contributed by atoms with van der Waals surface area (Å²) in [7, 11) is 0. The predicted molar refractivity (Wildman–Crippen MR) is 115 cm³/mol. The van der Waals surface area contributed by atoms with Crippen molar-refractivity contribution in [3.63, 3.8) is 0 Å². The molecule has 2 heterocycles. The van der Waals surface area contributed by atoms with Gasteiger partial charge in [0.15, 0.2) is 0 Å². The number of amides is 5. The van der Waals surface area contributed by atoms with Crippen LogP contribution in [0.2, 0.25) is 0 Å². The van der Waals surface area contributed by atoms with Gasteiger partial charge in [0.05, 0.1) is 0 Å². The van der Waals surface area contributed by atoms with E-state index in [0.29, 0.717) is 37.8 Å². The third-order valence-corrected chi connectivity index (χ3v) is 6.32. The average Bonchev–Trinajstić information content (AvgIpc) is 3.20. The number of urea groups is 2. The number of piperidine rings is 1. The van der Waals surface area contributed by atoms with Gasteiger partial charge in [0, 0.05) is 49.5 Å². The number of benzene rings is 1. The van der Waals surface area contributed by atoms with Gasteiger partial charge >= 0.3 is 12.1 Å². The van der Waals surface area contributed by atoms with Crippen LogP contribution >= 0.6 is 0 Å². The molecule has 30 heavy (non-hydrogen) atoms. The molecule has 1 aromatic carbocycles. The van der Waals surface area contributed by atoms with Gasteiger partial charge in [-0.1, -0.05) is 25.3 Å². The highest BCUT2D eigenvalue weighted by molar-refractivity contribution is 5.98. The van der Waals surface area contributed by atoms with Crippen molar-refractivity contribution in [1.29, 1.82) is 0 Å². The summed E-state index contributed by atoms with van der Waals surface area (Å²) in [4.78, 5) is 40.6. The Hall–Kier alpha value is -2.77. The zero-order chi connectivity index (χ0) is 20.9. The summed E-state index contributed by atoms with van der Waals surface area (Å²) in [5, 5.41) is 8.95. The van der Waals surface area contributed by atoms with Crippen molar-refractivity contribution in [2.75, 3.05) is 31.1 Å². The smallest absolute Gasteiger partial charge is 0.321 e. The maximum Gasteiger partial charge on any atom is 0.321 e. The molecule has 1 aliphatic carbocycles. The minimum Gasteiger partial charge on any atom is -0.338 e. The van der Waals surface area contributed by atoms with Crippen LogP contribution in [0.25, 0.3) is 0 Å². The molecule has 3 aliphatic rings. The van der Waals surface area contributed by atoms with Gasteiger partial charge in [-0.3, -0.25) is 9.69 Å². The van der Waals surface area contributed by atoms with Crippen LogP contribution in [0.15, 0.2) is 24.3 Å². The largest absolute Gasteiger partial charge is 0.338 e. The molecule has 2 saturated heterocycles. The van der Waals surface area contributed by atoms with Gasteiger partial charge in [0.2, 0.25) is 0 Å². The maximum atomic E-state index is 12.9. The maximum absolute atomic E-state index is 12.9. The Morgan fingerprint density at radius 2 is 1.63 bits per heavy atom. The third kappa shape index (κ3) is 4.86. The lowest BCUT2D eigenvalue weighted by atomic mass is 9.96. The van der Waals surface area contributed by atoms with Crippen molar-refractivity contribution >= 4 is 23.7 Å². The fraction of sp³-hybridized carbons (Fsp3) is 0.591. The van der Waals surface area contributed by atoms with Gasteiger partial charge in [-0.05, 0) is 43.9 Å². The first kappa shape index (κ1) is 20.5. The van der Waals surface area contributed by atoms with Gasteiger partial charge < -0.3 is 20.9 Å². The number of nitrogens with zero attached hydrogens (tertiary/aromatic N) is 2. The molecular weight excluding hydrogens is 382 g/mol. The zero-order valence-corrected chi connectivity index (χ0v) is 17.4. The highest BCUT2D eigenvalue weighted by atomic mass is 16.2. The first-order valence-electron chi connectivity index (χ1n) is 11.1. The van der Waals surface area contributed by atoms with E-state index in [1.54, 1.807) is 17.0 Å². The van der Waals surface area contributed by atoms with E-state index in [-0.39, 0.29) is 24.0 Å². The number of carbonyl (C=O) groups is 3. The standard InChI is InChI=1S/C22H31N5O3/c28-20(16-5-4-8-19(15-16)27-14-11-23-22(27)30)26-12-9-18(10-13-26)25-21(29)24-17-6-2-1-3-7-17/h4-5,8,15,17-18H,1-3,6-7,9-14H2,(H,23,30)(H2,24,25,29). The van der Waals surface area contributed by atoms with Gasteiger partial charge in [0.1, 0.15) is 0 Å². The Morgan fingerprint density at radius 3 is 2.30 bits per heavy atom. The third-order valence-electron chi connectivity index (χ3n) is 6.32. The van der Waals surface area contributed by atoms with E-state index in [1.807, 2.05) is 17.0 Å². The Balaban J connectivity index is 1.27. The zero-order valence-electron chi connectivity index (χ0n) is 17.4. The van der Waals surface area contributed by atoms with Gasteiger partial charge in [-0.25, -0.2) is 9.59 Å². The van der Waals surface area contributed by atoms with E-state index >= 15 is 0 Å². The minimum absolute atomic E-state index is 0.0263. The van der Waals surface area contributed by atoms with E-state index in [1.165, 1.54) is 19.3 Å². The molecule has 3 N–H and O–H groups in total. The van der Waals surface area contributed by atoms with E-state index < -0.39 is 0 Å². The number of hydrogen-bond donors (Lipinski definition) is 3. The summed E-state index contributed by atoms with van der Waals surface area (Å²) in [6.45, 7) is 2.45. The molecule has 5 amide bonds. The molecule has 3 fully saturated rings. The fourth-order valence-electron chi connectivity index (χ4n) is 4.59. The molecule has 0 radical (unpaired) electrons. The van der Waals surface area contributed by atoms with Gasteiger partial charge in [-0.2, -0.15) is 0 Å². The van der Waals surface area contributed by atoms with E-state index in [4.69, 9.17) is 0 Å². The lowest BCUT2D eigenvalue weighted by molar-refractivity contribution is 0.0708. The Bertz CT molecular complexity index is 785. The van der Waals surface area contributed by atoms with E-state index in [0.717, 1.165) is 31.4 Å². The van der Waals surface area contributed by atoms with E-state index in [9.17, 15) is 14.4 Å². The number of anilines is 1. The van der Waals surface area contributed by atoms with Gasteiger partial charge in [-0.15, -0.1) is 0 Å². The van der Waals surface area contributed by atoms with Crippen LogP contribution in [-0.2, 0) is 0 Å². The van der Waals surface area contributed by atoms with Crippen LogP contribution in [0.1, 0.15) is 55.3 Å². The highest BCUT2D eigenvalue weighted by Crippen LogP contribution is 2.21. The fourth-order valence-corrected chi connectivity index (χ4v) is 4.59. The molecule has 8 nitrogen and oxygen atoms in total. The van der Waals surface area contributed by atoms with Crippen LogP contribution in [0.5, 0.6) is 0 Å². The van der Waals surface area contributed by atoms with Crippen molar-refractivity contribution in [3.8, 4) is 0 Å². The summed E-state index contributed by atoms with van der Waals surface area (Å²) in [5.74, 6) is -0.0263. The van der Waals surface area contributed by atoms with Gasteiger partial charge in [0.25, 0.3) is 5.91 Å². The molecule has 0 bridgehead atoms. The van der Waals surface area contributed by atoms with Crippen molar-refractivity contribution in [3.05, 3.63) is 29.8 Å². The summed E-state index contributed by atoms with van der Waals surface area (Å²) in [5.41, 5.74) is 1.33. The number of carbonyl (C=O) groups excluding carboxylic acids is 3. The number of nitrogens with one attached hydrogen (secondary N) is 3. The van der Waals surface area contributed by atoms with Crippen LogP contribution in [-0.4, -0.2) is 61.1 Å². The van der Waals surface area contributed by atoms with Crippen LogP contribution in [0.4, 0.5) is 15.3 Å². The lowest BCUT2D eigenvalue weighted by Crippen LogP contribution is -2.51. The lowest BCUT2D eigenvalue weighted by Gasteiger charge is -2.33. The van der Waals surface area contributed by atoms with Crippen LogP contribution < -0.4 is 20.9 Å². The molecule has 0 atom stereocenters. The predicted octanol–water partition coefficient (Wildman–Crippen LogP) is 2.45. The Labute approximate surface area is 177 Å².